The summed E-state index contributed by atoms with van der Waals surface area (Å²) in [7, 11) is 0.467. The van der Waals surface area contributed by atoms with Crippen LogP contribution in [0.1, 0.15) is 25.3 Å². The summed E-state index contributed by atoms with van der Waals surface area (Å²) in [6.07, 6.45) is -2.83. The van der Waals surface area contributed by atoms with Gasteiger partial charge in [-0.15, -0.1) is 0 Å². The number of nitrogens with one attached hydrogen (secondary N) is 1. The fraction of sp³-hybridized carbons (Fsp3) is 0.538. The van der Waals surface area contributed by atoms with Gasteiger partial charge >= 0.3 is 6.18 Å². The first-order chi connectivity index (χ1) is 8.84. The van der Waals surface area contributed by atoms with Crippen molar-refractivity contribution in [1.29, 1.82) is 0 Å². The lowest BCUT2D eigenvalue weighted by molar-refractivity contribution is -0.137. The van der Waals surface area contributed by atoms with Gasteiger partial charge in [-0.05, 0) is 45.0 Å². The van der Waals surface area contributed by atoms with Crippen LogP contribution in [0.5, 0.6) is 0 Å². The maximum atomic E-state index is 12.5. The molecular formula is C13H18F3NOS. The van der Waals surface area contributed by atoms with E-state index in [1.807, 2.05) is 14.0 Å². The second-order valence-electron chi connectivity index (χ2n) is 4.41. The van der Waals surface area contributed by atoms with E-state index in [-0.39, 0.29) is 4.90 Å². The van der Waals surface area contributed by atoms with E-state index in [0.717, 1.165) is 18.6 Å². The predicted octanol–water partition coefficient (Wildman–Crippen LogP) is 3.20. The van der Waals surface area contributed by atoms with E-state index in [0.29, 0.717) is 18.2 Å². The molecule has 0 saturated carbocycles. The van der Waals surface area contributed by atoms with Crippen LogP contribution in [0.15, 0.2) is 29.2 Å². The zero-order valence-electron chi connectivity index (χ0n) is 11.0. The molecule has 19 heavy (non-hydrogen) atoms. The highest BCUT2D eigenvalue weighted by Gasteiger charge is 2.30. The molecule has 1 aromatic carbocycles. The minimum Gasteiger partial charge on any atom is -0.317 e. The molecule has 0 aliphatic heterocycles. The summed E-state index contributed by atoms with van der Waals surface area (Å²) in [6, 6.07) is 5.05. The summed E-state index contributed by atoms with van der Waals surface area (Å²) in [5.41, 5.74) is -0.748. The Morgan fingerprint density at radius 1 is 1.37 bits per heavy atom. The molecule has 0 radical (unpaired) electrons. The Hall–Kier alpha value is -0.880. The second kappa shape index (κ2) is 7.05. The number of alkyl halides is 3. The van der Waals surface area contributed by atoms with Gasteiger partial charge in [0.15, 0.2) is 0 Å². The molecule has 0 saturated heterocycles. The van der Waals surface area contributed by atoms with Gasteiger partial charge < -0.3 is 5.32 Å². The highest BCUT2D eigenvalue weighted by Crippen LogP contribution is 2.30. The lowest BCUT2D eigenvalue weighted by atomic mass is 10.2. The number of halogens is 3. The Morgan fingerprint density at radius 2 is 2.05 bits per heavy atom. The molecule has 0 heterocycles. The van der Waals surface area contributed by atoms with Gasteiger partial charge in [0.1, 0.15) is 0 Å². The van der Waals surface area contributed by atoms with E-state index in [4.69, 9.17) is 0 Å². The zero-order valence-corrected chi connectivity index (χ0v) is 11.8. The van der Waals surface area contributed by atoms with Gasteiger partial charge in [-0.25, -0.2) is 0 Å². The largest absolute Gasteiger partial charge is 0.416 e. The summed E-state index contributed by atoms with van der Waals surface area (Å²) in [5.74, 6) is 0.382. The Labute approximate surface area is 113 Å². The van der Waals surface area contributed by atoms with Crippen molar-refractivity contribution in [3.05, 3.63) is 29.8 Å². The van der Waals surface area contributed by atoms with Crippen molar-refractivity contribution in [1.82, 2.24) is 5.32 Å². The van der Waals surface area contributed by atoms with Crippen LogP contribution < -0.4 is 5.32 Å². The molecule has 0 aromatic heterocycles. The number of rotatable bonds is 6. The third-order valence-corrected chi connectivity index (χ3v) is 4.32. The molecule has 2 nitrogen and oxygen atoms in total. The molecule has 0 amide bonds. The van der Waals surface area contributed by atoms with Crippen molar-refractivity contribution >= 4 is 10.8 Å². The molecule has 0 aliphatic carbocycles. The van der Waals surface area contributed by atoms with Crippen LogP contribution in [0, 0.1) is 0 Å². The molecular weight excluding hydrogens is 275 g/mol. The van der Waals surface area contributed by atoms with Crippen LogP contribution in [0.3, 0.4) is 0 Å². The minimum absolute atomic E-state index is 0.243. The SMILES string of the molecule is CNC(C)CCCS(=O)c1cccc(C(F)(F)F)c1. The Morgan fingerprint density at radius 3 is 2.63 bits per heavy atom. The van der Waals surface area contributed by atoms with Gasteiger partial charge in [0.25, 0.3) is 0 Å². The molecule has 1 rings (SSSR count). The lowest BCUT2D eigenvalue weighted by Gasteiger charge is -2.10. The number of hydrogen-bond acceptors (Lipinski definition) is 2. The smallest absolute Gasteiger partial charge is 0.317 e. The average molecular weight is 293 g/mol. The van der Waals surface area contributed by atoms with Crippen molar-refractivity contribution in [2.45, 2.75) is 36.9 Å². The molecule has 2 unspecified atom stereocenters. The molecule has 0 bridgehead atoms. The van der Waals surface area contributed by atoms with Gasteiger partial charge in [0.05, 0.1) is 16.4 Å². The van der Waals surface area contributed by atoms with E-state index in [1.54, 1.807) is 0 Å². The maximum Gasteiger partial charge on any atom is 0.416 e. The Balaban J connectivity index is 2.63. The van der Waals surface area contributed by atoms with Crippen molar-refractivity contribution in [3.8, 4) is 0 Å². The molecule has 1 N–H and O–H groups in total. The van der Waals surface area contributed by atoms with Crippen molar-refractivity contribution in [2.24, 2.45) is 0 Å². The van der Waals surface area contributed by atoms with Gasteiger partial charge in [-0.3, -0.25) is 4.21 Å². The van der Waals surface area contributed by atoms with E-state index in [1.165, 1.54) is 12.1 Å². The first kappa shape index (κ1) is 16.2. The monoisotopic (exact) mass is 293 g/mol. The summed E-state index contributed by atoms with van der Waals surface area (Å²) in [6.45, 7) is 2.01. The Bertz CT molecular complexity index is 434. The molecule has 1 aromatic rings. The van der Waals surface area contributed by atoms with Crippen LogP contribution in [0.25, 0.3) is 0 Å². The third-order valence-electron chi connectivity index (χ3n) is 2.88. The van der Waals surface area contributed by atoms with Gasteiger partial charge in [-0.1, -0.05) is 6.07 Å². The summed E-state index contributed by atoms with van der Waals surface area (Å²) < 4.78 is 49.5. The van der Waals surface area contributed by atoms with Crippen LogP contribution in [0.2, 0.25) is 0 Å². The van der Waals surface area contributed by atoms with Gasteiger partial charge in [-0.2, -0.15) is 13.2 Å². The van der Waals surface area contributed by atoms with E-state index >= 15 is 0 Å². The molecule has 2 atom stereocenters. The van der Waals surface area contributed by atoms with Gasteiger partial charge in [0, 0.05) is 16.7 Å². The highest BCUT2D eigenvalue weighted by atomic mass is 32.2. The van der Waals surface area contributed by atoms with Crippen molar-refractivity contribution in [3.63, 3.8) is 0 Å². The summed E-state index contributed by atoms with van der Waals surface area (Å²) in [4.78, 5) is 0.243. The predicted molar refractivity (Wildman–Crippen MR) is 70.5 cm³/mol. The lowest BCUT2D eigenvalue weighted by Crippen LogP contribution is -2.21. The second-order valence-corrected chi connectivity index (χ2v) is 5.98. The number of hydrogen-bond donors (Lipinski definition) is 1. The third kappa shape index (κ3) is 5.32. The maximum absolute atomic E-state index is 12.5. The van der Waals surface area contributed by atoms with E-state index in [9.17, 15) is 17.4 Å². The normalized spacial score (nSPS) is 15.2. The van der Waals surface area contributed by atoms with Crippen LogP contribution >= 0.6 is 0 Å². The molecule has 0 spiro atoms. The van der Waals surface area contributed by atoms with Crippen molar-refractivity contribution < 1.29 is 17.4 Å². The quantitative estimate of drug-likeness (QED) is 0.872. The minimum atomic E-state index is -4.39. The van der Waals surface area contributed by atoms with Crippen LogP contribution in [-0.2, 0) is 17.0 Å². The first-order valence-electron chi connectivity index (χ1n) is 6.07. The van der Waals surface area contributed by atoms with Crippen LogP contribution in [-0.4, -0.2) is 23.1 Å². The van der Waals surface area contributed by atoms with Crippen molar-refractivity contribution in [2.75, 3.05) is 12.8 Å². The zero-order chi connectivity index (χ0) is 14.5. The fourth-order valence-electron chi connectivity index (χ4n) is 1.60. The summed E-state index contributed by atoms with van der Waals surface area (Å²) >= 11 is 0. The van der Waals surface area contributed by atoms with Crippen LogP contribution in [0.4, 0.5) is 13.2 Å². The Kier molecular flexibility index (Phi) is 6.00. The van der Waals surface area contributed by atoms with E-state index < -0.39 is 22.5 Å². The van der Waals surface area contributed by atoms with Gasteiger partial charge in [0.2, 0.25) is 0 Å². The van der Waals surface area contributed by atoms with E-state index in [2.05, 4.69) is 5.32 Å². The first-order valence-corrected chi connectivity index (χ1v) is 7.39. The fourth-order valence-corrected chi connectivity index (χ4v) is 2.75. The molecule has 0 aliphatic rings. The highest BCUT2D eigenvalue weighted by molar-refractivity contribution is 7.85. The molecule has 108 valence electrons. The topological polar surface area (TPSA) is 29.1 Å². The average Bonchev–Trinajstić information content (AvgIpc) is 2.37. The molecule has 6 heteroatoms. The molecule has 0 fully saturated rings. The standard InChI is InChI=1S/C13H18F3NOS/c1-10(17-2)5-4-8-19(18)12-7-3-6-11(9-12)13(14,15)16/h3,6-7,9-10,17H,4-5,8H2,1-2H3. The summed E-state index contributed by atoms with van der Waals surface area (Å²) in [5, 5.41) is 3.06. The number of benzene rings is 1.